The maximum absolute atomic E-state index is 12.6. The fraction of sp³-hybridized carbons (Fsp3) is 0.105. The number of benzene rings is 2. The zero-order valence-corrected chi connectivity index (χ0v) is 12.3. The number of nitrogens with one attached hydrogen (secondary N) is 1. The van der Waals surface area contributed by atoms with E-state index in [9.17, 15) is 8.78 Å². The Balaban J connectivity index is 1.67. The smallest absolute Gasteiger partial charge is 0.265 e. The minimum Gasteiger partial charge on any atom is -0.340 e. The lowest BCUT2D eigenvalue weighted by Crippen LogP contribution is -1.98. The van der Waals surface area contributed by atoms with Crippen molar-refractivity contribution >= 4 is 11.5 Å². The number of pyridine rings is 1. The van der Waals surface area contributed by atoms with Crippen molar-refractivity contribution in [2.75, 3.05) is 5.32 Å². The van der Waals surface area contributed by atoms with E-state index in [-0.39, 0.29) is 5.56 Å². The van der Waals surface area contributed by atoms with Crippen LogP contribution in [0.15, 0.2) is 60.8 Å². The number of alkyl halides is 2. The van der Waals surface area contributed by atoms with Crippen LogP contribution in [-0.4, -0.2) is 4.98 Å². The number of anilines is 2. The standard InChI is InChI=1S/C19H14F2N2/c20-19(21)13-8-9-18(22-11-13)23-17-7-3-6-15-14-5-2-1-4-12(14)10-16(15)17/h1-9,11,19H,10H2,(H,22,23). The van der Waals surface area contributed by atoms with Crippen molar-refractivity contribution < 1.29 is 8.78 Å². The third-order valence-electron chi connectivity index (χ3n) is 4.15. The second kappa shape index (κ2) is 5.47. The first-order valence-electron chi connectivity index (χ1n) is 7.43. The highest BCUT2D eigenvalue weighted by Gasteiger charge is 2.20. The molecule has 0 fully saturated rings. The summed E-state index contributed by atoms with van der Waals surface area (Å²) >= 11 is 0. The molecule has 4 rings (SSSR count). The van der Waals surface area contributed by atoms with E-state index < -0.39 is 6.43 Å². The summed E-state index contributed by atoms with van der Waals surface area (Å²) in [6.45, 7) is 0. The highest BCUT2D eigenvalue weighted by Crippen LogP contribution is 2.40. The topological polar surface area (TPSA) is 24.9 Å². The zero-order chi connectivity index (χ0) is 15.8. The van der Waals surface area contributed by atoms with Crippen molar-refractivity contribution in [3.05, 3.63) is 77.5 Å². The number of nitrogens with zero attached hydrogens (tertiary/aromatic N) is 1. The van der Waals surface area contributed by atoms with Crippen molar-refractivity contribution in [2.45, 2.75) is 12.8 Å². The molecule has 2 aromatic carbocycles. The molecule has 4 heteroatoms. The van der Waals surface area contributed by atoms with E-state index in [0.29, 0.717) is 5.82 Å². The van der Waals surface area contributed by atoms with E-state index in [1.165, 1.54) is 34.5 Å². The zero-order valence-electron chi connectivity index (χ0n) is 12.3. The summed E-state index contributed by atoms with van der Waals surface area (Å²) in [7, 11) is 0. The molecular formula is C19H14F2N2. The van der Waals surface area contributed by atoms with E-state index >= 15 is 0 Å². The third-order valence-corrected chi connectivity index (χ3v) is 4.15. The molecule has 1 aliphatic carbocycles. The molecule has 0 radical (unpaired) electrons. The highest BCUT2D eigenvalue weighted by molar-refractivity contribution is 5.83. The minimum absolute atomic E-state index is 0.0683. The molecule has 114 valence electrons. The van der Waals surface area contributed by atoms with Gasteiger partial charge in [-0.3, -0.25) is 0 Å². The molecule has 0 aliphatic heterocycles. The first kappa shape index (κ1) is 13.9. The Bertz CT molecular complexity index is 857. The van der Waals surface area contributed by atoms with Gasteiger partial charge in [-0.25, -0.2) is 13.8 Å². The maximum atomic E-state index is 12.6. The van der Waals surface area contributed by atoms with Crippen molar-refractivity contribution in [2.24, 2.45) is 0 Å². The number of aromatic nitrogens is 1. The van der Waals surface area contributed by atoms with Crippen molar-refractivity contribution in [1.82, 2.24) is 4.98 Å². The van der Waals surface area contributed by atoms with Gasteiger partial charge in [-0.15, -0.1) is 0 Å². The number of halogens is 2. The maximum Gasteiger partial charge on any atom is 0.265 e. The van der Waals surface area contributed by atoms with Gasteiger partial charge in [0.25, 0.3) is 6.43 Å². The fourth-order valence-electron chi connectivity index (χ4n) is 3.02. The minimum atomic E-state index is -2.49. The van der Waals surface area contributed by atoms with Crippen LogP contribution in [0.4, 0.5) is 20.3 Å². The van der Waals surface area contributed by atoms with E-state index in [4.69, 9.17) is 0 Å². The van der Waals surface area contributed by atoms with Crippen molar-refractivity contribution in [3.8, 4) is 11.1 Å². The number of hydrogen-bond acceptors (Lipinski definition) is 2. The quantitative estimate of drug-likeness (QED) is 0.553. The molecule has 1 aromatic heterocycles. The fourth-order valence-corrected chi connectivity index (χ4v) is 3.02. The van der Waals surface area contributed by atoms with Crippen LogP contribution in [-0.2, 0) is 6.42 Å². The Kier molecular flexibility index (Phi) is 3.30. The van der Waals surface area contributed by atoms with Gasteiger partial charge in [-0.2, -0.15) is 0 Å². The van der Waals surface area contributed by atoms with E-state index in [0.717, 1.165) is 12.1 Å². The Morgan fingerprint density at radius 1 is 0.913 bits per heavy atom. The lowest BCUT2D eigenvalue weighted by molar-refractivity contribution is 0.151. The molecule has 0 bridgehead atoms. The first-order chi connectivity index (χ1) is 11.2. The van der Waals surface area contributed by atoms with Crippen LogP contribution in [0.25, 0.3) is 11.1 Å². The summed E-state index contributed by atoms with van der Waals surface area (Å²) in [5.74, 6) is 0.568. The SMILES string of the molecule is FC(F)c1ccc(Nc2cccc3c2Cc2ccccc2-3)nc1. The van der Waals surface area contributed by atoms with Gasteiger partial charge >= 0.3 is 0 Å². The second-order valence-corrected chi connectivity index (χ2v) is 5.57. The lowest BCUT2D eigenvalue weighted by atomic mass is 10.0. The first-order valence-corrected chi connectivity index (χ1v) is 7.43. The highest BCUT2D eigenvalue weighted by atomic mass is 19.3. The van der Waals surface area contributed by atoms with Crippen LogP contribution in [0.1, 0.15) is 23.1 Å². The molecule has 0 saturated carbocycles. The second-order valence-electron chi connectivity index (χ2n) is 5.57. The Hall–Kier alpha value is -2.75. The third kappa shape index (κ3) is 2.46. The van der Waals surface area contributed by atoms with Crippen LogP contribution in [0.2, 0.25) is 0 Å². The Morgan fingerprint density at radius 2 is 1.74 bits per heavy atom. The summed E-state index contributed by atoms with van der Waals surface area (Å²) in [5, 5.41) is 3.25. The molecule has 23 heavy (non-hydrogen) atoms. The average Bonchev–Trinajstić information content (AvgIpc) is 2.95. The summed E-state index contributed by atoms with van der Waals surface area (Å²) < 4.78 is 25.2. The van der Waals surface area contributed by atoms with Crippen molar-refractivity contribution in [3.63, 3.8) is 0 Å². The van der Waals surface area contributed by atoms with Gasteiger partial charge in [0, 0.05) is 23.9 Å². The van der Waals surface area contributed by atoms with Crippen LogP contribution in [0.5, 0.6) is 0 Å². The predicted octanol–water partition coefficient (Wildman–Crippen LogP) is 5.33. The molecule has 0 saturated heterocycles. The van der Waals surface area contributed by atoms with Crippen molar-refractivity contribution in [1.29, 1.82) is 0 Å². The summed E-state index contributed by atoms with van der Waals surface area (Å²) in [4.78, 5) is 4.08. The van der Waals surface area contributed by atoms with E-state index in [1.807, 2.05) is 24.3 Å². The Labute approximate surface area is 132 Å². The molecule has 1 heterocycles. The summed E-state index contributed by atoms with van der Waals surface area (Å²) in [6, 6.07) is 17.4. The molecule has 0 atom stereocenters. The summed E-state index contributed by atoms with van der Waals surface area (Å²) in [6.07, 6.45) is -0.415. The number of fused-ring (bicyclic) bond motifs is 3. The molecule has 1 aliphatic rings. The average molecular weight is 308 g/mol. The van der Waals surface area contributed by atoms with Gasteiger partial charge in [-0.1, -0.05) is 36.4 Å². The van der Waals surface area contributed by atoms with Gasteiger partial charge in [0.05, 0.1) is 0 Å². The van der Waals surface area contributed by atoms with Crippen LogP contribution in [0, 0.1) is 0 Å². The summed E-state index contributed by atoms with van der Waals surface area (Å²) in [5.41, 5.74) is 5.89. The van der Waals surface area contributed by atoms with Gasteiger partial charge in [0.2, 0.25) is 0 Å². The molecule has 2 nitrogen and oxygen atoms in total. The van der Waals surface area contributed by atoms with E-state index in [2.05, 4.69) is 28.5 Å². The normalized spacial score (nSPS) is 12.1. The van der Waals surface area contributed by atoms with Gasteiger partial charge in [0.15, 0.2) is 0 Å². The Morgan fingerprint density at radius 3 is 2.52 bits per heavy atom. The van der Waals surface area contributed by atoms with E-state index in [1.54, 1.807) is 6.07 Å². The molecule has 0 spiro atoms. The van der Waals surface area contributed by atoms with Gasteiger partial charge < -0.3 is 5.32 Å². The van der Waals surface area contributed by atoms with Gasteiger partial charge in [-0.05, 0) is 40.5 Å². The molecule has 0 unspecified atom stereocenters. The predicted molar refractivity (Wildman–Crippen MR) is 87.2 cm³/mol. The molecule has 3 aromatic rings. The molecular weight excluding hydrogens is 294 g/mol. The molecule has 1 N–H and O–H groups in total. The monoisotopic (exact) mass is 308 g/mol. The largest absolute Gasteiger partial charge is 0.340 e. The van der Waals surface area contributed by atoms with Gasteiger partial charge in [0.1, 0.15) is 5.82 Å². The number of rotatable bonds is 3. The molecule has 0 amide bonds. The van der Waals surface area contributed by atoms with Crippen LogP contribution < -0.4 is 5.32 Å². The number of hydrogen-bond donors (Lipinski definition) is 1. The lowest BCUT2D eigenvalue weighted by Gasteiger charge is -2.11. The van der Waals surface area contributed by atoms with Crippen LogP contribution in [0.3, 0.4) is 0 Å². The van der Waals surface area contributed by atoms with Crippen LogP contribution >= 0.6 is 0 Å².